The molecule has 1 unspecified atom stereocenters. The summed E-state index contributed by atoms with van der Waals surface area (Å²) in [4.78, 5) is 0. The zero-order valence-electron chi connectivity index (χ0n) is 7.27. The Bertz CT molecular complexity index is 265. The van der Waals surface area contributed by atoms with Crippen LogP contribution in [0.25, 0.3) is 0 Å². The van der Waals surface area contributed by atoms with Gasteiger partial charge in [0.2, 0.25) is 0 Å². The Morgan fingerprint density at radius 3 is 2.69 bits per heavy atom. The summed E-state index contributed by atoms with van der Waals surface area (Å²) >= 11 is 1.93. The minimum absolute atomic E-state index is 0.285. The maximum Gasteiger partial charge on any atom is 0.120 e. The molecule has 1 aromatic rings. The summed E-state index contributed by atoms with van der Waals surface area (Å²) in [5, 5.41) is 9.06. The maximum atomic E-state index is 9.06. The standard InChI is InChI=1S/C10H12O2S/c11-8-1-3-9(4-2-8)12-10-5-6-13-7-10/h1-4,10-11H,5-7H2. The van der Waals surface area contributed by atoms with Gasteiger partial charge in [-0.05, 0) is 36.4 Å². The minimum atomic E-state index is 0.285. The number of hydrogen-bond acceptors (Lipinski definition) is 3. The third-order valence-corrected chi connectivity index (χ3v) is 3.16. The highest BCUT2D eigenvalue weighted by molar-refractivity contribution is 7.99. The Hall–Kier alpha value is -0.830. The summed E-state index contributed by atoms with van der Waals surface area (Å²) < 4.78 is 5.70. The molecule has 0 radical (unpaired) electrons. The fourth-order valence-electron chi connectivity index (χ4n) is 1.32. The molecule has 0 aromatic heterocycles. The van der Waals surface area contributed by atoms with Gasteiger partial charge in [-0.3, -0.25) is 0 Å². The summed E-state index contributed by atoms with van der Waals surface area (Å²) in [6, 6.07) is 6.91. The third kappa shape index (κ3) is 2.31. The van der Waals surface area contributed by atoms with Gasteiger partial charge in [-0.25, -0.2) is 0 Å². The summed E-state index contributed by atoms with van der Waals surface area (Å²) in [5.74, 6) is 3.42. The van der Waals surface area contributed by atoms with Gasteiger partial charge in [-0.1, -0.05) is 0 Å². The van der Waals surface area contributed by atoms with Gasteiger partial charge in [-0.2, -0.15) is 11.8 Å². The van der Waals surface area contributed by atoms with Gasteiger partial charge >= 0.3 is 0 Å². The molecular weight excluding hydrogens is 184 g/mol. The molecule has 3 heteroatoms. The molecule has 1 heterocycles. The Morgan fingerprint density at radius 1 is 1.31 bits per heavy atom. The number of phenols is 1. The molecule has 2 rings (SSSR count). The second-order valence-electron chi connectivity index (χ2n) is 3.10. The van der Waals surface area contributed by atoms with Crippen molar-refractivity contribution in [3.8, 4) is 11.5 Å². The van der Waals surface area contributed by atoms with E-state index in [1.165, 1.54) is 5.75 Å². The van der Waals surface area contributed by atoms with Crippen LogP contribution in [-0.4, -0.2) is 22.7 Å². The van der Waals surface area contributed by atoms with Gasteiger partial charge in [0, 0.05) is 5.75 Å². The molecule has 1 aliphatic heterocycles. The van der Waals surface area contributed by atoms with Crippen molar-refractivity contribution in [2.45, 2.75) is 12.5 Å². The zero-order chi connectivity index (χ0) is 9.10. The topological polar surface area (TPSA) is 29.5 Å². The van der Waals surface area contributed by atoms with Crippen LogP contribution in [0.2, 0.25) is 0 Å². The molecule has 1 fully saturated rings. The van der Waals surface area contributed by atoms with Gasteiger partial charge < -0.3 is 9.84 Å². The van der Waals surface area contributed by atoms with Crippen LogP contribution >= 0.6 is 11.8 Å². The predicted molar refractivity (Wildman–Crippen MR) is 54.5 cm³/mol. The van der Waals surface area contributed by atoms with Gasteiger partial charge in [0.1, 0.15) is 17.6 Å². The van der Waals surface area contributed by atoms with Crippen molar-refractivity contribution >= 4 is 11.8 Å². The largest absolute Gasteiger partial charge is 0.508 e. The number of hydrogen-bond donors (Lipinski definition) is 1. The van der Waals surface area contributed by atoms with Gasteiger partial charge in [0.25, 0.3) is 0 Å². The van der Waals surface area contributed by atoms with Crippen LogP contribution in [0.5, 0.6) is 11.5 Å². The Labute approximate surface area is 81.9 Å². The molecule has 1 N–H and O–H groups in total. The lowest BCUT2D eigenvalue weighted by Crippen LogP contribution is -2.14. The molecule has 1 saturated heterocycles. The lowest BCUT2D eigenvalue weighted by molar-refractivity contribution is 0.229. The monoisotopic (exact) mass is 196 g/mol. The molecule has 2 nitrogen and oxygen atoms in total. The molecule has 0 aliphatic carbocycles. The number of aromatic hydroxyl groups is 1. The van der Waals surface area contributed by atoms with E-state index in [0.29, 0.717) is 6.10 Å². The highest BCUT2D eigenvalue weighted by atomic mass is 32.2. The van der Waals surface area contributed by atoms with Crippen molar-refractivity contribution in [2.24, 2.45) is 0 Å². The van der Waals surface area contributed by atoms with Crippen LogP contribution in [0, 0.1) is 0 Å². The average molecular weight is 196 g/mol. The fraction of sp³-hybridized carbons (Fsp3) is 0.400. The van der Waals surface area contributed by atoms with E-state index in [0.717, 1.165) is 17.9 Å². The number of thioether (sulfide) groups is 1. The van der Waals surface area contributed by atoms with E-state index >= 15 is 0 Å². The Kier molecular flexibility index (Phi) is 2.64. The van der Waals surface area contributed by atoms with Gasteiger partial charge in [-0.15, -0.1) is 0 Å². The lowest BCUT2D eigenvalue weighted by atomic mass is 10.3. The van der Waals surface area contributed by atoms with Crippen molar-refractivity contribution in [2.75, 3.05) is 11.5 Å². The maximum absolute atomic E-state index is 9.06. The number of rotatable bonds is 2. The predicted octanol–water partition coefficient (Wildman–Crippen LogP) is 2.28. The lowest BCUT2D eigenvalue weighted by Gasteiger charge is -2.11. The molecule has 1 aromatic carbocycles. The van der Waals surface area contributed by atoms with E-state index in [1.54, 1.807) is 24.3 Å². The van der Waals surface area contributed by atoms with Crippen molar-refractivity contribution in [1.82, 2.24) is 0 Å². The van der Waals surface area contributed by atoms with Crippen LogP contribution in [0.15, 0.2) is 24.3 Å². The SMILES string of the molecule is Oc1ccc(OC2CCSC2)cc1. The molecule has 70 valence electrons. The molecule has 1 atom stereocenters. The van der Waals surface area contributed by atoms with E-state index < -0.39 is 0 Å². The minimum Gasteiger partial charge on any atom is -0.508 e. The van der Waals surface area contributed by atoms with Gasteiger partial charge in [0.05, 0.1) is 0 Å². The van der Waals surface area contributed by atoms with E-state index in [1.807, 2.05) is 11.8 Å². The molecule has 13 heavy (non-hydrogen) atoms. The second-order valence-corrected chi connectivity index (χ2v) is 4.25. The van der Waals surface area contributed by atoms with E-state index in [-0.39, 0.29) is 5.75 Å². The first-order chi connectivity index (χ1) is 6.34. The first-order valence-electron chi connectivity index (χ1n) is 4.38. The number of phenolic OH excluding ortho intramolecular Hbond substituents is 1. The van der Waals surface area contributed by atoms with E-state index in [4.69, 9.17) is 9.84 Å². The first-order valence-corrected chi connectivity index (χ1v) is 5.53. The third-order valence-electron chi connectivity index (χ3n) is 2.03. The molecule has 0 amide bonds. The van der Waals surface area contributed by atoms with Crippen LogP contribution in [0.1, 0.15) is 6.42 Å². The molecule has 0 bridgehead atoms. The zero-order valence-corrected chi connectivity index (χ0v) is 8.09. The van der Waals surface area contributed by atoms with Crippen LogP contribution in [0.4, 0.5) is 0 Å². The highest BCUT2D eigenvalue weighted by Crippen LogP contribution is 2.24. The van der Waals surface area contributed by atoms with Crippen LogP contribution in [0.3, 0.4) is 0 Å². The smallest absolute Gasteiger partial charge is 0.120 e. The van der Waals surface area contributed by atoms with Crippen molar-refractivity contribution in [3.05, 3.63) is 24.3 Å². The molecular formula is C10H12O2S. The van der Waals surface area contributed by atoms with Crippen molar-refractivity contribution in [3.63, 3.8) is 0 Å². The highest BCUT2D eigenvalue weighted by Gasteiger charge is 2.16. The molecule has 1 aliphatic rings. The molecule has 0 saturated carbocycles. The van der Waals surface area contributed by atoms with Crippen molar-refractivity contribution < 1.29 is 9.84 Å². The summed E-state index contributed by atoms with van der Waals surface area (Å²) in [5.41, 5.74) is 0. The first kappa shape index (κ1) is 8.75. The number of ether oxygens (including phenoxy) is 1. The summed E-state index contributed by atoms with van der Waals surface area (Å²) in [7, 11) is 0. The number of benzene rings is 1. The van der Waals surface area contributed by atoms with E-state index in [2.05, 4.69) is 0 Å². The van der Waals surface area contributed by atoms with Crippen molar-refractivity contribution in [1.29, 1.82) is 0 Å². The summed E-state index contributed by atoms with van der Waals surface area (Å²) in [6.45, 7) is 0. The second kappa shape index (κ2) is 3.92. The summed E-state index contributed by atoms with van der Waals surface area (Å²) in [6.07, 6.45) is 1.49. The Morgan fingerprint density at radius 2 is 2.08 bits per heavy atom. The average Bonchev–Trinajstić information content (AvgIpc) is 2.62. The molecule has 0 spiro atoms. The quantitative estimate of drug-likeness (QED) is 0.787. The van der Waals surface area contributed by atoms with Crippen LogP contribution < -0.4 is 4.74 Å². The van der Waals surface area contributed by atoms with E-state index in [9.17, 15) is 0 Å². The van der Waals surface area contributed by atoms with Gasteiger partial charge in [0.15, 0.2) is 0 Å². The van der Waals surface area contributed by atoms with Crippen LogP contribution in [-0.2, 0) is 0 Å². The normalized spacial score (nSPS) is 21.7. The Balaban J connectivity index is 1.97. The fourth-order valence-corrected chi connectivity index (χ4v) is 2.42.